The number of para-hydroxylation sites is 1. The number of hydrogen-bond acceptors (Lipinski definition) is 3. The summed E-state index contributed by atoms with van der Waals surface area (Å²) >= 11 is 0. The number of amides is 1. The van der Waals surface area contributed by atoms with Gasteiger partial charge in [-0.2, -0.15) is 0 Å². The average molecular weight is 217 g/mol. The Balaban J connectivity index is 2.70. The minimum atomic E-state index is -1.91. The van der Waals surface area contributed by atoms with Crippen molar-refractivity contribution in [2.45, 2.75) is 5.60 Å². The molecule has 1 aromatic rings. The Morgan fingerprint density at radius 2 is 2.12 bits per heavy atom. The minimum Gasteiger partial charge on any atom is -0.372 e. The lowest BCUT2D eigenvalue weighted by Crippen LogP contribution is -2.40. The molecule has 0 bridgehead atoms. The van der Waals surface area contributed by atoms with Crippen LogP contribution in [0.25, 0.3) is 0 Å². The van der Waals surface area contributed by atoms with Gasteiger partial charge in [-0.05, 0) is 6.07 Å². The third-order valence-corrected chi connectivity index (χ3v) is 2.88. The Labute approximate surface area is 92.8 Å². The van der Waals surface area contributed by atoms with Gasteiger partial charge in [0.2, 0.25) is 0 Å². The fourth-order valence-corrected chi connectivity index (χ4v) is 1.93. The number of benzene rings is 1. The monoisotopic (exact) mass is 217 g/mol. The maximum Gasteiger partial charge on any atom is 0.268 e. The molecule has 1 atom stereocenters. The van der Waals surface area contributed by atoms with Crippen LogP contribution >= 0.6 is 0 Å². The number of fused-ring (bicyclic) bond motifs is 1. The van der Waals surface area contributed by atoms with Crippen molar-refractivity contribution in [3.63, 3.8) is 0 Å². The number of carbonyl (C=O) groups is 2. The van der Waals surface area contributed by atoms with Crippen LogP contribution in [0.1, 0.15) is 5.56 Å². The number of nitrogens with zero attached hydrogens (tertiary/aromatic N) is 1. The van der Waals surface area contributed by atoms with Gasteiger partial charge in [-0.1, -0.05) is 24.8 Å². The Morgan fingerprint density at radius 3 is 2.75 bits per heavy atom. The summed E-state index contributed by atoms with van der Waals surface area (Å²) in [6, 6.07) is 6.79. The lowest BCUT2D eigenvalue weighted by atomic mass is 9.89. The summed E-state index contributed by atoms with van der Waals surface area (Å²) in [7, 11) is 1.55. The standard InChI is InChI=1S/C12H11NO3/c1-8(7-14)12(16)9-5-3-4-6-10(9)13(2)11(12)15/h3-7,16H,1H2,2H3. The van der Waals surface area contributed by atoms with Gasteiger partial charge in [0, 0.05) is 18.2 Å². The van der Waals surface area contributed by atoms with Crippen LogP contribution < -0.4 is 4.90 Å². The van der Waals surface area contributed by atoms with Gasteiger partial charge in [-0.15, -0.1) is 0 Å². The normalized spacial score (nSPS) is 23.1. The zero-order valence-corrected chi connectivity index (χ0v) is 8.80. The van der Waals surface area contributed by atoms with Crippen LogP contribution in [0, 0.1) is 0 Å². The van der Waals surface area contributed by atoms with Crippen LogP contribution in [0.3, 0.4) is 0 Å². The van der Waals surface area contributed by atoms with E-state index < -0.39 is 11.5 Å². The molecule has 4 nitrogen and oxygen atoms in total. The number of anilines is 1. The van der Waals surface area contributed by atoms with E-state index in [-0.39, 0.29) is 5.57 Å². The van der Waals surface area contributed by atoms with Crippen molar-refractivity contribution in [1.29, 1.82) is 0 Å². The maximum absolute atomic E-state index is 11.9. The summed E-state index contributed by atoms with van der Waals surface area (Å²) in [5.74, 6) is -0.550. The van der Waals surface area contributed by atoms with Gasteiger partial charge >= 0.3 is 0 Å². The highest BCUT2D eigenvalue weighted by Crippen LogP contribution is 2.42. The van der Waals surface area contributed by atoms with Crippen LogP contribution in [0.4, 0.5) is 5.69 Å². The van der Waals surface area contributed by atoms with E-state index in [4.69, 9.17) is 0 Å². The van der Waals surface area contributed by atoms with Gasteiger partial charge in [-0.25, -0.2) is 0 Å². The predicted octanol–water partition coefficient (Wildman–Crippen LogP) is 0.606. The molecule has 0 saturated heterocycles. The molecular formula is C12H11NO3. The number of hydrogen-bond donors (Lipinski definition) is 1. The van der Waals surface area contributed by atoms with Gasteiger partial charge in [0.1, 0.15) is 6.29 Å². The first-order chi connectivity index (χ1) is 7.53. The van der Waals surface area contributed by atoms with E-state index in [2.05, 4.69) is 6.58 Å². The first kappa shape index (κ1) is 10.6. The molecule has 1 aromatic carbocycles. The summed E-state index contributed by atoms with van der Waals surface area (Å²) in [5, 5.41) is 10.3. The maximum atomic E-state index is 11.9. The van der Waals surface area contributed by atoms with Crippen molar-refractivity contribution >= 4 is 17.9 Å². The molecule has 0 radical (unpaired) electrons. The van der Waals surface area contributed by atoms with Gasteiger partial charge in [-0.3, -0.25) is 9.59 Å². The fraction of sp³-hybridized carbons (Fsp3) is 0.167. The van der Waals surface area contributed by atoms with Crippen molar-refractivity contribution < 1.29 is 14.7 Å². The summed E-state index contributed by atoms with van der Waals surface area (Å²) < 4.78 is 0. The number of carbonyl (C=O) groups excluding carboxylic acids is 2. The molecule has 1 unspecified atom stereocenters. The van der Waals surface area contributed by atoms with Crippen molar-refractivity contribution in [2.75, 3.05) is 11.9 Å². The smallest absolute Gasteiger partial charge is 0.268 e. The second kappa shape index (κ2) is 3.28. The number of aliphatic hydroxyl groups is 1. The van der Waals surface area contributed by atoms with Crippen molar-refractivity contribution in [1.82, 2.24) is 0 Å². The van der Waals surface area contributed by atoms with E-state index in [1.807, 2.05) is 0 Å². The summed E-state index contributed by atoms with van der Waals surface area (Å²) in [5.41, 5.74) is -1.06. The van der Waals surface area contributed by atoms with Crippen molar-refractivity contribution in [3.05, 3.63) is 42.0 Å². The predicted molar refractivity (Wildman–Crippen MR) is 59.0 cm³/mol. The Bertz CT molecular complexity index is 495. The molecule has 1 aliphatic rings. The second-order valence-corrected chi connectivity index (χ2v) is 3.73. The SMILES string of the molecule is C=C(C=O)C1(O)C(=O)N(C)c2ccccc21. The van der Waals surface area contributed by atoms with Crippen LogP contribution in [-0.4, -0.2) is 24.3 Å². The summed E-state index contributed by atoms with van der Waals surface area (Å²) in [6.07, 6.45) is 0.411. The molecule has 0 spiro atoms. The van der Waals surface area contributed by atoms with Crippen LogP contribution in [0.5, 0.6) is 0 Å². The quantitative estimate of drug-likeness (QED) is 0.583. The Kier molecular flexibility index (Phi) is 2.17. The minimum absolute atomic E-state index is 0.144. The van der Waals surface area contributed by atoms with Crippen LogP contribution in [-0.2, 0) is 15.2 Å². The highest BCUT2D eigenvalue weighted by molar-refractivity contribution is 6.11. The third kappa shape index (κ3) is 1.07. The molecule has 0 saturated carbocycles. The lowest BCUT2D eigenvalue weighted by molar-refractivity contribution is -0.133. The number of aldehydes is 1. The van der Waals surface area contributed by atoms with Crippen LogP contribution in [0.15, 0.2) is 36.4 Å². The first-order valence-electron chi connectivity index (χ1n) is 4.78. The Hall–Kier alpha value is -1.94. The van der Waals surface area contributed by atoms with E-state index in [1.54, 1.807) is 31.3 Å². The molecule has 1 N–H and O–H groups in total. The molecular weight excluding hydrogens is 206 g/mol. The van der Waals surface area contributed by atoms with E-state index in [1.165, 1.54) is 4.90 Å². The molecule has 0 aliphatic carbocycles. The molecule has 0 fully saturated rings. The van der Waals surface area contributed by atoms with Gasteiger partial charge in [0.05, 0.1) is 5.69 Å². The zero-order chi connectivity index (χ0) is 11.9. The molecule has 1 heterocycles. The third-order valence-electron chi connectivity index (χ3n) is 2.88. The summed E-state index contributed by atoms with van der Waals surface area (Å²) in [4.78, 5) is 24.0. The van der Waals surface area contributed by atoms with Gasteiger partial charge < -0.3 is 10.0 Å². The topological polar surface area (TPSA) is 57.6 Å². The highest BCUT2D eigenvalue weighted by Gasteiger charge is 2.50. The van der Waals surface area contributed by atoms with Crippen molar-refractivity contribution in [3.8, 4) is 0 Å². The van der Waals surface area contributed by atoms with Gasteiger partial charge in [0.15, 0.2) is 5.60 Å². The first-order valence-corrected chi connectivity index (χ1v) is 4.78. The van der Waals surface area contributed by atoms with Crippen LogP contribution in [0.2, 0.25) is 0 Å². The molecule has 2 rings (SSSR count). The molecule has 0 aromatic heterocycles. The second-order valence-electron chi connectivity index (χ2n) is 3.73. The fourth-order valence-electron chi connectivity index (χ4n) is 1.93. The average Bonchev–Trinajstić information content (AvgIpc) is 2.52. The largest absolute Gasteiger partial charge is 0.372 e. The molecule has 16 heavy (non-hydrogen) atoms. The van der Waals surface area contributed by atoms with Gasteiger partial charge in [0.25, 0.3) is 5.91 Å². The molecule has 1 aliphatic heterocycles. The van der Waals surface area contributed by atoms with E-state index in [9.17, 15) is 14.7 Å². The van der Waals surface area contributed by atoms with E-state index in [0.717, 1.165) is 0 Å². The van der Waals surface area contributed by atoms with E-state index in [0.29, 0.717) is 17.5 Å². The molecule has 1 amide bonds. The zero-order valence-electron chi connectivity index (χ0n) is 8.80. The lowest BCUT2D eigenvalue weighted by Gasteiger charge is -2.20. The summed E-state index contributed by atoms with van der Waals surface area (Å²) in [6.45, 7) is 3.45. The number of likely N-dealkylation sites (N-methyl/N-ethyl adjacent to an activating group) is 1. The highest BCUT2D eigenvalue weighted by atomic mass is 16.3. The Morgan fingerprint density at radius 1 is 1.50 bits per heavy atom. The molecule has 82 valence electrons. The van der Waals surface area contributed by atoms with Crippen molar-refractivity contribution in [2.24, 2.45) is 0 Å². The number of rotatable bonds is 2. The van der Waals surface area contributed by atoms with E-state index >= 15 is 0 Å². The molecule has 4 heteroatoms.